The number of anilines is 1. The molecule has 0 aliphatic carbocycles. The summed E-state index contributed by atoms with van der Waals surface area (Å²) in [6.07, 6.45) is 0. The van der Waals surface area contributed by atoms with E-state index in [1.54, 1.807) is 23.1 Å². The third-order valence-electron chi connectivity index (χ3n) is 4.68. The maximum atomic E-state index is 12.8. The quantitative estimate of drug-likeness (QED) is 0.675. The predicted octanol–water partition coefficient (Wildman–Crippen LogP) is 3.06. The van der Waals surface area contributed by atoms with Gasteiger partial charge < -0.3 is 14.2 Å². The second-order valence-electron chi connectivity index (χ2n) is 6.66. The molecule has 0 spiro atoms. The first kappa shape index (κ1) is 19.7. The van der Waals surface area contributed by atoms with Crippen molar-refractivity contribution in [3.63, 3.8) is 0 Å². The Hall–Kier alpha value is -2.62. The molecule has 0 bridgehead atoms. The molecule has 0 saturated carbocycles. The molecular weight excluding hydrogens is 418 g/mol. The summed E-state index contributed by atoms with van der Waals surface area (Å²) in [5, 5.41) is 4.65. The van der Waals surface area contributed by atoms with Crippen LogP contribution in [0.25, 0.3) is 11.0 Å². The molecule has 10 heteroatoms. The van der Waals surface area contributed by atoms with E-state index < -0.39 is 10.0 Å². The number of fused-ring (bicyclic) bond motifs is 1. The molecule has 1 N–H and O–H groups in total. The van der Waals surface area contributed by atoms with Crippen LogP contribution in [-0.2, 0) is 14.8 Å². The third kappa shape index (κ3) is 3.93. The highest BCUT2D eigenvalue weighted by Gasteiger charge is 2.25. The number of aromatic nitrogens is 1. The zero-order valence-corrected chi connectivity index (χ0v) is 17.1. The number of rotatable bonds is 4. The SMILES string of the molecule is Cc1ccc(NS(=O)(=O)c2ccc3onc(C(=O)N4CCOCC4)c3c2)cc1Cl. The van der Waals surface area contributed by atoms with E-state index in [4.69, 9.17) is 20.9 Å². The highest BCUT2D eigenvalue weighted by Crippen LogP contribution is 2.26. The molecule has 0 radical (unpaired) electrons. The van der Waals surface area contributed by atoms with Gasteiger partial charge in [-0.15, -0.1) is 0 Å². The summed E-state index contributed by atoms with van der Waals surface area (Å²) in [4.78, 5) is 14.4. The number of sulfonamides is 1. The van der Waals surface area contributed by atoms with Crippen molar-refractivity contribution < 1.29 is 22.5 Å². The van der Waals surface area contributed by atoms with Gasteiger partial charge in [-0.3, -0.25) is 9.52 Å². The molecule has 0 atom stereocenters. The van der Waals surface area contributed by atoms with Gasteiger partial charge in [0.25, 0.3) is 15.9 Å². The topological polar surface area (TPSA) is 102 Å². The number of halogens is 1. The van der Waals surface area contributed by atoms with Gasteiger partial charge in [0, 0.05) is 18.1 Å². The van der Waals surface area contributed by atoms with Crippen molar-refractivity contribution in [2.24, 2.45) is 0 Å². The second-order valence-corrected chi connectivity index (χ2v) is 8.75. The molecule has 1 aliphatic rings. The first-order valence-electron chi connectivity index (χ1n) is 8.90. The van der Waals surface area contributed by atoms with Crippen LogP contribution >= 0.6 is 11.6 Å². The van der Waals surface area contributed by atoms with Crippen LogP contribution in [0.2, 0.25) is 5.02 Å². The Bertz CT molecular complexity index is 1190. The van der Waals surface area contributed by atoms with E-state index in [0.29, 0.717) is 48.0 Å². The minimum atomic E-state index is -3.90. The number of hydrogen-bond donors (Lipinski definition) is 1. The Morgan fingerprint density at radius 3 is 2.66 bits per heavy atom. The number of carbonyl (C=O) groups excluding carboxylic acids is 1. The second kappa shape index (κ2) is 7.66. The molecule has 29 heavy (non-hydrogen) atoms. The van der Waals surface area contributed by atoms with E-state index in [0.717, 1.165) is 5.56 Å². The molecule has 3 aromatic rings. The Labute approximate surface area is 172 Å². The molecule has 0 unspecified atom stereocenters. The molecule has 2 heterocycles. The molecule has 1 aromatic heterocycles. The monoisotopic (exact) mass is 435 g/mol. The summed E-state index contributed by atoms with van der Waals surface area (Å²) in [6, 6.07) is 9.16. The molecular formula is C19H18ClN3O5S. The summed E-state index contributed by atoms with van der Waals surface area (Å²) in [5.41, 5.74) is 1.60. The van der Waals surface area contributed by atoms with Gasteiger partial charge in [0.05, 0.1) is 29.2 Å². The van der Waals surface area contributed by atoms with Gasteiger partial charge in [-0.05, 0) is 42.8 Å². The van der Waals surface area contributed by atoms with Crippen LogP contribution in [0.1, 0.15) is 16.1 Å². The molecule has 152 valence electrons. The molecule has 1 aliphatic heterocycles. The van der Waals surface area contributed by atoms with Crippen molar-refractivity contribution in [1.29, 1.82) is 0 Å². The zero-order valence-electron chi connectivity index (χ0n) is 15.5. The van der Waals surface area contributed by atoms with Gasteiger partial charge >= 0.3 is 0 Å². The first-order chi connectivity index (χ1) is 13.8. The van der Waals surface area contributed by atoms with Gasteiger partial charge in [0.15, 0.2) is 11.3 Å². The summed E-state index contributed by atoms with van der Waals surface area (Å²) >= 11 is 6.08. The Kier molecular flexibility index (Phi) is 5.20. The Balaban J connectivity index is 1.67. The van der Waals surface area contributed by atoms with Crippen LogP contribution in [0.15, 0.2) is 45.8 Å². The highest BCUT2D eigenvalue weighted by atomic mass is 35.5. The van der Waals surface area contributed by atoms with Crippen LogP contribution in [-0.4, -0.2) is 50.7 Å². The number of morpholine rings is 1. The van der Waals surface area contributed by atoms with Crippen LogP contribution in [0.3, 0.4) is 0 Å². The lowest BCUT2D eigenvalue weighted by Gasteiger charge is -2.25. The Morgan fingerprint density at radius 1 is 1.17 bits per heavy atom. The van der Waals surface area contributed by atoms with Gasteiger partial charge in [-0.2, -0.15) is 0 Å². The fraction of sp³-hybridized carbons (Fsp3) is 0.263. The summed E-state index contributed by atoms with van der Waals surface area (Å²) in [6.45, 7) is 3.61. The van der Waals surface area contributed by atoms with E-state index in [1.807, 2.05) is 6.92 Å². The van der Waals surface area contributed by atoms with E-state index in [-0.39, 0.29) is 16.5 Å². The molecule has 1 fully saturated rings. The maximum Gasteiger partial charge on any atom is 0.276 e. The fourth-order valence-electron chi connectivity index (χ4n) is 3.03. The molecule has 1 saturated heterocycles. The predicted molar refractivity (Wildman–Crippen MR) is 108 cm³/mol. The summed E-state index contributed by atoms with van der Waals surface area (Å²) in [7, 11) is -3.90. The number of nitrogens with one attached hydrogen (secondary N) is 1. The number of nitrogens with zero attached hydrogens (tertiary/aromatic N) is 2. The van der Waals surface area contributed by atoms with Crippen LogP contribution in [0.5, 0.6) is 0 Å². The van der Waals surface area contributed by atoms with Crippen molar-refractivity contribution >= 4 is 44.2 Å². The number of aryl methyl sites for hydroxylation is 1. The summed E-state index contributed by atoms with van der Waals surface area (Å²) < 4.78 is 38.6. The highest BCUT2D eigenvalue weighted by molar-refractivity contribution is 7.92. The minimum Gasteiger partial charge on any atom is -0.378 e. The lowest BCUT2D eigenvalue weighted by molar-refractivity contribution is 0.0297. The number of amides is 1. The van der Waals surface area contributed by atoms with Crippen molar-refractivity contribution in [3.05, 3.63) is 52.7 Å². The molecule has 2 aromatic carbocycles. The van der Waals surface area contributed by atoms with E-state index in [1.165, 1.54) is 18.2 Å². The van der Waals surface area contributed by atoms with Gasteiger partial charge in [-0.1, -0.05) is 22.8 Å². The van der Waals surface area contributed by atoms with Gasteiger partial charge in [0.1, 0.15) is 0 Å². The third-order valence-corrected chi connectivity index (χ3v) is 6.46. The number of ether oxygens (including phenoxy) is 1. The van der Waals surface area contributed by atoms with Crippen molar-refractivity contribution in [2.45, 2.75) is 11.8 Å². The first-order valence-corrected chi connectivity index (χ1v) is 10.8. The van der Waals surface area contributed by atoms with Crippen LogP contribution < -0.4 is 4.72 Å². The zero-order chi connectivity index (χ0) is 20.6. The van der Waals surface area contributed by atoms with Gasteiger partial charge in [0.2, 0.25) is 0 Å². The van der Waals surface area contributed by atoms with Crippen molar-refractivity contribution in [2.75, 3.05) is 31.0 Å². The molecule has 8 nitrogen and oxygen atoms in total. The summed E-state index contributed by atoms with van der Waals surface area (Å²) in [5.74, 6) is -0.320. The lowest BCUT2D eigenvalue weighted by Crippen LogP contribution is -2.40. The van der Waals surface area contributed by atoms with E-state index >= 15 is 0 Å². The number of hydrogen-bond acceptors (Lipinski definition) is 6. The van der Waals surface area contributed by atoms with Crippen LogP contribution in [0, 0.1) is 6.92 Å². The number of carbonyl (C=O) groups is 1. The number of benzene rings is 2. The maximum absolute atomic E-state index is 12.8. The molecule has 1 amide bonds. The fourth-order valence-corrected chi connectivity index (χ4v) is 4.28. The normalized spacial score (nSPS) is 14.9. The van der Waals surface area contributed by atoms with E-state index in [2.05, 4.69) is 9.88 Å². The van der Waals surface area contributed by atoms with Crippen molar-refractivity contribution in [1.82, 2.24) is 10.1 Å². The largest absolute Gasteiger partial charge is 0.378 e. The van der Waals surface area contributed by atoms with Crippen LogP contribution in [0.4, 0.5) is 5.69 Å². The molecule has 4 rings (SSSR count). The Morgan fingerprint density at radius 2 is 1.93 bits per heavy atom. The van der Waals surface area contributed by atoms with E-state index in [9.17, 15) is 13.2 Å². The minimum absolute atomic E-state index is 0.0130. The lowest BCUT2D eigenvalue weighted by atomic mass is 10.2. The van der Waals surface area contributed by atoms with Gasteiger partial charge in [-0.25, -0.2) is 8.42 Å². The standard InChI is InChI=1S/C19H18ClN3O5S/c1-12-2-3-13(10-16(12)20)22-29(25,26)14-4-5-17-15(11-14)18(21-28-17)19(24)23-6-8-27-9-7-23/h2-5,10-11,22H,6-9H2,1H3. The smallest absolute Gasteiger partial charge is 0.276 e. The van der Waals surface area contributed by atoms with Crippen molar-refractivity contribution in [3.8, 4) is 0 Å². The average Bonchev–Trinajstić information content (AvgIpc) is 3.14. The average molecular weight is 436 g/mol.